The summed E-state index contributed by atoms with van der Waals surface area (Å²) in [7, 11) is 0. The van der Waals surface area contributed by atoms with Gasteiger partial charge in [-0.25, -0.2) is 0 Å². The number of pyridine rings is 1. The molecule has 1 aliphatic rings. The molecule has 21 heavy (non-hydrogen) atoms. The monoisotopic (exact) mass is 294 g/mol. The molecule has 1 saturated heterocycles. The van der Waals surface area contributed by atoms with Crippen molar-refractivity contribution in [2.24, 2.45) is 11.3 Å². The summed E-state index contributed by atoms with van der Waals surface area (Å²) < 4.78 is 6.03. The third kappa shape index (κ3) is 3.22. The topological polar surface area (TPSA) is 85.5 Å². The van der Waals surface area contributed by atoms with Gasteiger partial charge in [0.05, 0.1) is 28.8 Å². The van der Waals surface area contributed by atoms with Gasteiger partial charge in [0.2, 0.25) is 0 Å². The predicted octanol–water partition coefficient (Wildman–Crippen LogP) is 2.86. The molecular formula is C15H22N2O4. The van der Waals surface area contributed by atoms with Gasteiger partial charge in [-0.1, -0.05) is 27.7 Å². The fraction of sp³-hybridized carbons (Fsp3) is 0.667. The molecule has 1 aromatic rings. The highest BCUT2D eigenvalue weighted by Crippen LogP contribution is 2.42. The predicted molar refractivity (Wildman–Crippen MR) is 77.7 cm³/mol. The molecule has 0 saturated carbocycles. The molecule has 0 amide bonds. The molecule has 116 valence electrons. The van der Waals surface area contributed by atoms with E-state index in [9.17, 15) is 15.2 Å². The fourth-order valence-corrected chi connectivity index (χ4v) is 2.83. The maximum absolute atomic E-state index is 11.1. The highest BCUT2D eigenvalue weighted by atomic mass is 16.6. The van der Waals surface area contributed by atoms with Gasteiger partial charge in [-0.05, 0) is 23.8 Å². The van der Waals surface area contributed by atoms with Crippen molar-refractivity contribution in [2.75, 3.05) is 0 Å². The molecule has 0 aliphatic carbocycles. The van der Waals surface area contributed by atoms with Crippen LogP contribution >= 0.6 is 0 Å². The Bertz CT molecular complexity index is 527. The lowest BCUT2D eigenvalue weighted by atomic mass is 9.77. The van der Waals surface area contributed by atoms with Crippen LogP contribution in [0.5, 0.6) is 0 Å². The summed E-state index contributed by atoms with van der Waals surface area (Å²) >= 11 is 0. The highest BCUT2D eigenvalue weighted by molar-refractivity contribution is 5.38. The highest BCUT2D eigenvalue weighted by Gasteiger charge is 2.43. The summed E-state index contributed by atoms with van der Waals surface area (Å²) in [6, 6.07) is 1.63. The average molecular weight is 294 g/mol. The summed E-state index contributed by atoms with van der Waals surface area (Å²) in [5.41, 5.74) is 0.260. The summed E-state index contributed by atoms with van der Waals surface area (Å²) in [4.78, 5) is 14.5. The second-order valence-electron chi connectivity index (χ2n) is 6.81. The van der Waals surface area contributed by atoms with Gasteiger partial charge in [0, 0.05) is 6.20 Å². The zero-order valence-electron chi connectivity index (χ0n) is 12.8. The lowest BCUT2D eigenvalue weighted by molar-refractivity contribution is -0.386. The van der Waals surface area contributed by atoms with Crippen molar-refractivity contribution in [3.63, 3.8) is 0 Å². The van der Waals surface area contributed by atoms with Crippen LogP contribution in [0.4, 0.5) is 5.69 Å². The number of aromatic nitrogens is 1. The number of hydrogen-bond acceptors (Lipinski definition) is 5. The second kappa shape index (κ2) is 5.69. The molecule has 6 nitrogen and oxygen atoms in total. The van der Waals surface area contributed by atoms with Crippen molar-refractivity contribution < 1.29 is 14.8 Å². The molecule has 0 unspecified atom stereocenters. The number of rotatable bonds is 2. The van der Waals surface area contributed by atoms with E-state index in [0.717, 1.165) is 0 Å². The van der Waals surface area contributed by atoms with E-state index in [1.54, 1.807) is 6.07 Å². The Morgan fingerprint density at radius 2 is 2.14 bits per heavy atom. The van der Waals surface area contributed by atoms with Crippen molar-refractivity contribution in [2.45, 2.75) is 52.4 Å². The van der Waals surface area contributed by atoms with Gasteiger partial charge in [-0.3, -0.25) is 15.1 Å². The van der Waals surface area contributed by atoms with Crippen LogP contribution in [0.25, 0.3) is 0 Å². The number of nitrogens with zero attached hydrogens (tertiary/aromatic N) is 2. The molecular weight excluding hydrogens is 272 g/mol. The number of ether oxygens (including phenoxy) is 1. The minimum Gasteiger partial charge on any atom is -0.390 e. The van der Waals surface area contributed by atoms with E-state index < -0.39 is 17.1 Å². The van der Waals surface area contributed by atoms with E-state index in [1.165, 1.54) is 12.4 Å². The number of nitro groups is 1. The first-order valence-electron chi connectivity index (χ1n) is 7.13. The maximum Gasteiger partial charge on any atom is 0.293 e. The molecule has 0 aromatic carbocycles. The number of aliphatic hydroxyl groups is 1. The van der Waals surface area contributed by atoms with Crippen LogP contribution in [0.15, 0.2) is 18.5 Å². The third-order valence-electron chi connectivity index (χ3n) is 4.02. The molecule has 4 atom stereocenters. The van der Waals surface area contributed by atoms with Crippen LogP contribution in [0.1, 0.15) is 45.8 Å². The van der Waals surface area contributed by atoms with Crippen LogP contribution in [0, 0.1) is 21.4 Å². The number of hydrogen-bond donors (Lipinski definition) is 1. The van der Waals surface area contributed by atoms with Crippen molar-refractivity contribution in [3.8, 4) is 0 Å². The molecule has 0 radical (unpaired) electrons. The van der Waals surface area contributed by atoms with Crippen LogP contribution in [-0.2, 0) is 4.74 Å². The van der Waals surface area contributed by atoms with Crippen molar-refractivity contribution in [1.82, 2.24) is 4.98 Å². The van der Waals surface area contributed by atoms with Crippen LogP contribution < -0.4 is 0 Å². The van der Waals surface area contributed by atoms with Gasteiger partial charge in [0.25, 0.3) is 5.69 Å². The largest absolute Gasteiger partial charge is 0.390 e. The Hall–Kier alpha value is -1.53. The van der Waals surface area contributed by atoms with Crippen molar-refractivity contribution >= 4 is 5.69 Å². The van der Waals surface area contributed by atoms with Gasteiger partial charge in [-0.2, -0.15) is 0 Å². The molecule has 2 heterocycles. The Morgan fingerprint density at radius 3 is 2.71 bits per heavy atom. The minimum absolute atomic E-state index is 0.0146. The third-order valence-corrected chi connectivity index (χ3v) is 4.02. The van der Waals surface area contributed by atoms with E-state index >= 15 is 0 Å². The molecule has 1 fully saturated rings. The molecule has 0 spiro atoms. The summed E-state index contributed by atoms with van der Waals surface area (Å²) in [6.45, 7) is 7.94. The molecule has 1 aliphatic heterocycles. The molecule has 2 rings (SSSR count). The van der Waals surface area contributed by atoms with Crippen molar-refractivity contribution in [3.05, 3.63) is 34.1 Å². The molecule has 0 bridgehead atoms. The van der Waals surface area contributed by atoms with Gasteiger partial charge in [-0.15, -0.1) is 0 Å². The van der Waals surface area contributed by atoms with Gasteiger partial charge in [0.1, 0.15) is 6.20 Å². The van der Waals surface area contributed by atoms with E-state index in [2.05, 4.69) is 4.98 Å². The standard InChI is InChI=1S/C15H22N2O4/c1-9-7-12(21-14(13(9)18)15(2,3)4)10-5-6-16-8-11(10)17(19)20/h5-6,8-9,12-14,18H,7H2,1-4H3/t9-,12-,13+,14+/m1/s1. The zero-order valence-corrected chi connectivity index (χ0v) is 12.8. The van der Waals surface area contributed by atoms with Gasteiger partial charge >= 0.3 is 0 Å². The minimum atomic E-state index is -0.567. The fourth-order valence-electron chi connectivity index (χ4n) is 2.83. The van der Waals surface area contributed by atoms with Crippen LogP contribution in [-0.4, -0.2) is 27.2 Å². The smallest absolute Gasteiger partial charge is 0.293 e. The second-order valence-corrected chi connectivity index (χ2v) is 6.81. The first kappa shape index (κ1) is 15.9. The molecule has 1 N–H and O–H groups in total. The first-order chi connectivity index (χ1) is 9.71. The maximum atomic E-state index is 11.1. The number of aliphatic hydroxyl groups excluding tert-OH is 1. The Balaban J connectivity index is 2.35. The van der Waals surface area contributed by atoms with Gasteiger partial charge < -0.3 is 9.84 Å². The quantitative estimate of drug-likeness (QED) is 0.669. The SMILES string of the molecule is C[C@@H]1C[C@H](c2ccncc2[N+](=O)[O-])O[C@H](C(C)(C)C)[C@H]1O. The Morgan fingerprint density at radius 1 is 1.48 bits per heavy atom. The van der Waals surface area contributed by atoms with Crippen LogP contribution in [0.2, 0.25) is 0 Å². The van der Waals surface area contributed by atoms with E-state index in [0.29, 0.717) is 12.0 Å². The van der Waals surface area contributed by atoms with E-state index in [1.807, 2.05) is 27.7 Å². The summed E-state index contributed by atoms with van der Waals surface area (Å²) in [5, 5.41) is 21.5. The van der Waals surface area contributed by atoms with E-state index in [4.69, 9.17) is 4.74 Å². The molecule has 6 heteroatoms. The Labute approximate surface area is 124 Å². The van der Waals surface area contributed by atoms with Gasteiger partial charge in [0.15, 0.2) is 0 Å². The summed E-state index contributed by atoms with van der Waals surface area (Å²) in [6.07, 6.45) is 2.02. The van der Waals surface area contributed by atoms with Crippen molar-refractivity contribution in [1.29, 1.82) is 0 Å². The van der Waals surface area contributed by atoms with E-state index in [-0.39, 0.29) is 23.1 Å². The normalized spacial score (nSPS) is 30.1. The molecule has 1 aromatic heterocycles. The Kier molecular flexibility index (Phi) is 4.30. The first-order valence-corrected chi connectivity index (χ1v) is 7.13. The lowest BCUT2D eigenvalue weighted by Gasteiger charge is -2.44. The van der Waals surface area contributed by atoms with Crippen LogP contribution in [0.3, 0.4) is 0 Å². The average Bonchev–Trinajstić information content (AvgIpc) is 2.40. The lowest BCUT2D eigenvalue weighted by Crippen LogP contribution is -2.48. The summed E-state index contributed by atoms with van der Waals surface area (Å²) in [5.74, 6) is 0.0146. The zero-order chi connectivity index (χ0) is 15.8.